The molecule has 1 N–H and O–H groups in total. The molecule has 2 rings (SSSR count). The van der Waals surface area contributed by atoms with Gasteiger partial charge in [0, 0.05) is 40.6 Å². The summed E-state index contributed by atoms with van der Waals surface area (Å²) in [7, 11) is -3.60. The molecule has 2 aromatic carbocycles. The second-order valence-corrected chi connectivity index (χ2v) is 12.0. The fourth-order valence-electron chi connectivity index (χ4n) is 3.77. The Kier molecular flexibility index (Phi) is 11.3. The summed E-state index contributed by atoms with van der Waals surface area (Å²) in [4.78, 5) is 27.9. The van der Waals surface area contributed by atoms with Crippen molar-refractivity contribution < 1.29 is 18.0 Å². The molecule has 1 unspecified atom stereocenters. The van der Waals surface area contributed by atoms with Crippen molar-refractivity contribution in [2.45, 2.75) is 58.7 Å². The molecular formula is C25H32Cl3N3O4S. The first kappa shape index (κ1) is 30.2. The van der Waals surface area contributed by atoms with Crippen LogP contribution in [0.15, 0.2) is 42.5 Å². The average Bonchev–Trinajstić information content (AvgIpc) is 2.76. The Balaban J connectivity index is 2.26. The Morgan fingerprint density at radius 1 is 1.03 bits per heavy atom. The molecule has 0 heterocycles. The van der Waals surface area contributed by atoms with Crippen LogP contribution < -0.4 is 9.62 Å². The molecule has 0 saturated heterocycles. The molecule has 11 heteroatoms. The Labute approximate surface area is 228 Å². The number of carbonyl (C=O) groups is 2. The van der Waals surface area contributed by atoms with E-state index in [2.05, 4.69) is 5.32 Å². The quantitative estimate of drug-likeness (QED) is 0.360. The zero-order valence-electron chi connectivity index (χ0n) is 20.8. The standard InChI is InChI=1S/C25H32Cl3N3O4S/c1-5-23(25(33)29-17(2)3)30(16-18-11-12-20(27)15-22(18)28)24(32)10-7-13-31(36(4,34)35)21-9-6-8-19(26)14-21/h6,8-9,11-12,14-15,17,23H,5,7,10,13,16H2,1-4H3,(H,29,33). The number of nitrogens with zero attached hydrogens (tertiary/aromatic N) is 2. The Hall–Kier alpha value is -2.00. The third-order valence-corrected chi connectivity index (χ3v) is 7.44. The van der Waals surface area contributed by atoms with Crippen molar-refractivity contribution >= 4 is 62.3 Å². The minimum absolute atomic E-state index is 0.0310. The highest BCUT2D eigenvalue weighted by molar-refractivity contribution is 7.92. The lowest BCUT2D eigenvalue weighted by molar-refractivity contribution is -0.141. The number of nitrogens with one attached hydrogen (secondary N) is 1. The van der Waals surface area contributed by atoms with Crippen LogP contribution in [0, 0.1) is 0 Å². The number of anilines is 1. The van der Waals surface area contributed by atoms with Crippen LogP contribution in [0.3, 0.4) is 0 Å². The fraction of sp³-hybridized carbons (Fsp3) is 0.440. The average molecular weight is 577 g/mol. The molecule has 0 bridgehead atoms. The summed E-state index contributed by atoms with van der Waals surface area (Å²) in [6.07, 6.45) is 1.77. The van der Waals surface area contributed by atoms with E-state index in [1.165, 1.54) is 9.21 Å². The molecule has 0 aliphatic heterocycles. The summed E-state index contributed by atoms with van der Waals surface area (Å²) >= 11 is 18.4. The van der Waals surface area contributed by atoms with Gasteiger partial charge in [0.2, 0.25) is 21.8 Å². The number of sulfonamides is 1. The SMILES string of the molecule is CCC(C(=O)NC(C)C)N(Cc1ccc(Cl)cc1Cl)C(=O)CCCN(c1cccc(Cl)c1)S(C)(=O)=O. The van der Waals surface area contributed by atoms with Gasteiger partial charge in [0.1, 0.15) is 6.04 Å². The third kappa shape index (κ3) is 8.83. The predicted molar refractivity (Wildman–Crippen MR) is 147 cm³/mol. The second kappa shape index (κ2) is 13.5. The van der Waals surface area contributed by atoms with Gasteiger partial charge in [0.15, 0.2) is 0 Å². The molecule has 0 saturated carbocycles. The van der Waals surface area contributed by atoms with Crippen LogP contribution in [0.1, 0.15) is 45.6 Å². The highest BCUT2D eigenvalue weighted by Gasteiger charge is 2.29. The molecule has 0 radical (unpaired) electrons. The largest absolute Gasteiger partial charge is 0.352 e. The van der Waals surface area contributed by atoms with Crippen LogP contribution in [0.25, 0.3) is 0 Å². The molecule has 0 fully saturated rings. The van der Waals surface area contributed by atoms with Gasteiger partial charge in [-0.3, -0.25) is 13.9 Å². The molecular weight excluding hydrogens is 545 g/mol. The van der Waals surface area contributed by atoms with E-state index >= 15 is 0 Å². The number of hydrogen-bond donors (Lipinski definition) is 1. The van der Waals surface area contributed by atoms with Gasteiger partial charge in [-0.05, 0) is 62.6 Å². The maximum Gasteiger partial charge on any atom is 0.243 e. The van der Waals surface area contributed by atoms with Crippen molar-refractivity contribution in [1.82, 2.24) is 10.2 Å². The predicted octanol–water partition coefficient (Wildman–Crippen LogP) is 5.53. The van der Waals surface area contributed by atoms with Crippen molar-refractivity contribution in [3.05, 3.63) is 63.1 Å². The zero-order chi connectivity index (χ0) is 27.0. The van der Waals surface area contributed by atoms with Crippen molar-refractivity contribution in [3.8, 4) is 0 Å². The molecule has 7 nitrogen and oxygen atoms in total. The van der Waals surface area contributed by atoms with Gasteiger partial charge in [0.05, 0.1) is 11.9 Å². The summed E-state index contributed by atoms with van der Waals surface area (Å²) in [5, 5.41) is 4.14. The summed E-state index contributed by atoms with van der Waals surface area (Å²) < 4.78 is 26.0. The van der Waals surface area contributed by atoms with Gasteiger partial charge < -0.3 is 10.2 Å². The van der Waals surface area contributed by atoms with E-state index in [-0.39, 0.29) is 43.8 Å². The highest BCUT2D eigenvalue weighted by atomic mass is 35.5. The van der Waals surface area contributed by atoms with Crippen molar-refractivity contribution in [3.63, 3.8) is 0 Å². The molecule has 0 aromatic heterocycles. The lowest BCUT2D eigenvalue weighted by Crippen LogP contribution is -2.50. The van der Waals surface area contributed by atoms with Crippen LogP contribution in [0.2, 0.25) is 15.1 Å². The molecule has 1 atom stereocenters. The molecule has 2 aromatic rings. The lowest BCUT2D eigenvalue weighted by atomic mass is 10.1. The number of halogens is 3. The summed E-state index contributed by atoms with van der Waals surface area (Å²) in [6.45, 7) is 5.72. The minimum Gasteiger partial charge on any atom is -0.352 e. The van der Waals surface area contributed by atoms with E-state index in [9.17, 15) is 18.0 Å². The number of rotatable bonds is 12. The highest BCUT2D eigenvalue weighted by Crippen LogP contribution is 2.25. The Bertz CT molecular complexity index is 1170. The first-order valence-corrected chi connectivity index (χ1v) is 14.6. The normalized spacial score (nSPS) is 12.3. The van der Waals surface area contributed by atoms with Gasteiger partial charge in [-0.1, -0.05) is 53.9 Å². The fourth-order valence-corrected chi connectivity index (χ4v) is 5.38. The monoisotopic (exact) mass is 575 g/mol. The summed E-state index contributed by atoms with van der Waals surface area (Å²) in [6, 6.07) is 10.7. The lowest BCUT2D eigenvalue weighted by Gasteiger charge is -2.32. The molecule has 198 valence electrons. The number of carbonyl (C=O) groups excluding carboxylic acids is 2. The molecule has 2 amide bonds. The van der Waals surface area contributed by atoms with Gasteiger partial charge in [-0.15, -0.1) is 0 Å². The van der Waals surface area contributed by atoms with Crippen LogP contribution in [-0.4, -0.2) is 50.0 Å². The van der Waals surface area contributed by atoms with Gasteiger partial charge >= 0.3 is 0 Å². The topological polar surface area (TPSA) is 86.8 Å². The van der Waals surface area contributed by atoms with Crippen molar-refractivity contribution in [1.29, 1.82) is 0 Å². The number of amides is 2. The first-order valence-electron chi connectivity index (χ1n) is 11.6. The second-order valence-electron chi connectivity index (χ2n) is 8.76. The molecule has 0 spiro atoms. The van der Waals surface area contributed by atoms with E-state index in [1.807, 2.05) is 20.8 Å². The minimum atomic E-state index is -3.60. The smallest absolute Gasteiger partial charge is 0.243 e. The van der Waals surface area contributed by atoms with E-state index < -0.39 is 16.1 Å². The van der Waals surface area contributed by atoms with Gasteiger partial charge in [0.25, 0.3) is 0 Å². The van der Waals surface area contributed by atoms with Gasteiger partial charge in [-0.2, -0.15) is 0 Å². The molecule has 0 aliphatic carbocycles. The van der Waals surface area contributed by atoms with E-state index in [4.69, 9.17) is 34.8 Å². The Morgan fingerprint density at radius 3 is 2.25 bits per heavy atom. The van der Waals surface area contributed by atoms with Crippen LogP contribution >= 0.6 is 34.8 Å². The zero-order valence-corrected chi connectivity index (χ0v) is 23.9. The first-order chi connectivity index (χ1) is 16.8. The van der Waals surface area contributed by atoms with Crippen molar-refractivity contribution in [2.75, 3.05) is 17.1 Å². The van der Waals surface area contributed by atoms with E-state index in [0.717, 1.165) is 6.26 Å². The Morgan fingerprint density at radius 2 is 1.69 bits per heavy atom. The molecule has 36 heavy (non-hydrogen) atoms. The summed E-state index contributed by atoms with van der Waals surface area (Å²) in [5.74, 6) is -0.547. The summed E-state index contributed by atoms with van der Waals surface area (Å²) in [5.41, 5.74) is 1.08. The number of hydrogen-bond acceptors (Lipinski definition) is 4. The molecule has 0 aliphatic rings. The maximum atomic E-state index is 13.4. The number of benzene rings is 2. The third-order valence-electron chi connectivity index (χ3n) is 5.42. The van der Waals surface area contributed by atoms with Crippen LogP contribution in [-0.2, 0) is 26.2 Å². The van der Waals surface area contributed by atoms with Gasteiger partial charge in [-0.25, -0.2) is 8.42 Å². The van der Waals surface area contributed by atoms with E-state index in [0.29, 0.717) is 32.7 Å². The van der Waals surface area contributed by atoms with Crippen LogP contribution in [0.4, 0.5) is 5.69 Å². The van der Waals surface area contributed by atoms with E-state index in [1.54, 1.807) is 42.5 Å². The maximum absolute atomic E-state index is 13.4. The van der Waals surface area contributed by atoms with Crippen LogP contribution in [0.5, 0.6) is 0 Å². The van der Waals surface area contributed by atoms with Crippen molar-refractivity contribution in [2.24, 2.45) is 0 Å².